The molecule has 0 unspecified atom stereocenters. The normalized spacial score (nSPS) is 11.8. The fourth-order valence-electron chi connectivity index (χ4n) is 3.48. The molecule has 5 nitrogen and oxygen atoms in total. The zero-order valence-corrected chi connectivity index (χ0v) is 21.6. The average molecular weight is 472 g/mol. The van der Waals surface area contributed by atoms with Crippen molar-refractivity contribution in [1.29, 1.82) is 0 Å². The van der Waals surface area contributed by atoms with Crippen LogP contribution in [-0.4, -0.2) is 30.4 Å². The topological polar surface area (TPSA) is 56.2 Å². The smallest absolute Gasteiger partial charge is 0.225 e. The van der Waals surface area contributed by atoms with E-state index in [-0.39, 0.29) is 5.91 Å². The van der Waals surface area contributed by atoms with E-state index < -0.39 is 8.07 Å². The Bertz CT molecular complexity index is 1070. The molecule has 0 saturated carbocycles. The standard InChI is InChI=1S/C25H34ClN3O2Si/c1-6-8-24(30)27-25-21-15-20(19-11-9-18(7-2)10-12-19)22(26)16-23(21)29(28-25)17-31-13-14-32(3,4)5/h9-12,15-16H,6-8,13-14,17H2,1-5H3,(H,27,28,30). The third kappa shape index (κ3) is 6.21. The summed E-state index contributed by atoms with van der Waals surface area (Å²) >= 11 is 6.71. The van der Waals surface area contributed by atoms with Crippen LogP contribution in [0.4, 0.5) is 5.82 Å². The van der Waals surface area contributed by atoms with Crippen LogP contribution >= 0.6 is 11.6 Å². The van der Waals surface area contributed by atoms with E-state index in [1.165, 1.54) is 5.56 Å². The lowest BCUT2D eigenvalue weighted by atomic mass is 10.0. The molecule has 2 aromatic carbocycles. The van der Waals surface area contributed by atoms with E-state index in [4.69, 9.17) is 16.3 Å². The number of halogens is 1. The van der Waals surface area contributed by atoms with E-state index in [0.29, 0.717) is 30.6 Å². The molecule has 0 saturated heterocycles. The lowest BCUT2D eigenvalue weighted by Gasteiger charge is -2.15. The van der Waals surface area contributed by atoms with Gasteiger partial charge in [-0.05, 0) is 42.1 Å². The summed E-state index contributed by atoms with van der Waals surface area (Å²) in [5.74, 6) is 0.512. The van der Waals surface area contributed by atoms with Gasteiger partial charge in [0, 0.05) is 32.1 Å². The summed E-state index contributed by atoms with van der Waals surface area (Å²) in [5, 5.41) is 9.15. The first-order valence-corrected chi connectivity index (χ1v) is 15.5. The molecular formula is C25H34ClN3O2Si. The first kappa shape index (κ1) is 24.5. The van der Waals surface area contributed by atoms with E-state index >= 15 is 0 Å². The van der Waals surface area contributed by atoms with Crippen LogP contribution in [0, 0.1) is 0 Å². The van der Waals surface area contributed by atoms with E-state index in [1.807, 2.05) is 19.1 Å². The van der Waals surface area contributed by atoms with Crippen molar-refractivity contribution in [1.82, 2.24) is 9.78 Å². The van der Waals surface area contributed by atoms with Gasteiger partial charge in [0.05, 0.1) is 10.5 Å². The lowest BCUT2D eigenvalue weighted by molar-refractivity contribution is -0.116. The summed E-state index contributed by atoms with van der Waals surface area (Å²) in [4.78, 5) is 12.3. The molecule has 1 N–H and O–H groups in total. The number of fused-ring (bicyclic) bond motifs is 1. The molecule has 0 radical (unpaired) electrons. The van der Waals surface area contributed by atoms with Crippen LogP contribution in [0.1, 0.15) is 32.3 Å². The molecule has 0 aliphatic rings. The molecule has 0 spiro atoms. The minimum absolute atomic E-state index is 0.0394. The Kier molecular flexibility index (Phi) is 8.14. The molecule has 3 rings (SSSR count). The Hall–Kier alpha value is -2.15. The zero-order chi connectivity index (χ0) is 23.3. The Morgan fingerprint density at radius 1 is 1.16 bits per heavy atom. The number of hydrogen-bond acceptors (Lipinski definition) is 3. The SMILES string of the molecule is CCCC(=O)Nc1nn(COCC[Si](C)(C)C)c2cc(Cl)c(-c3ccc(CC)cc3)cc12. The Balaban J connectivity index is 1.97. The van der Waals surface area contributed by atoms with E-state index in [1.54, 1.807) is 4.68 Å². The van der Waals surface area contributed by atoms with Crippen molar-refractivity contribution in [2.45, 2.75) is 65.5 Å². The number of nitrogens with one attached hydrogen (secondary N) is 1. The van der Waals surface area contributed by atoms with Crippen LogP contribution in [0.15, 0.2) is 36.4 Å². The van der Waals surface area contributed by atoms with Gasteiger partial charge in [-0.25, -0.2) is 4.68 Å². The summed E-state index contributed by atoms with van der Waals surface area (Å²) in [5.41, 5.74) is 4.09. The minimum Gasteiger partial charge on any atom is -0.360 e. The highest BCUT2D eigenvalue weighted by Gasteiger charge is 2.17. The Morgan fingerprint density at radius 3 is 2.50 bits per heavy atom. The van der Waals surface area contributed by atoms with Gasteiger partial charge in [0.25, 0.3) is 0 Å². The van der Waals surface area contributed by atoms with Crippen LogP contribution in [0.25, 0.3) is 22.0 Å². The number of anilines is 1. The number of aromatic nitrogens is 2. The van der Waals surface area contributed by atoms with Gasteiger partial charge in [0.15, 0.2) is 5.82 Å². The van der Waals surface area contributed by atoms with Gasteiger partial charge in [0.1, 0.15) is 6.73 Å². The van der Waals surface area contributed by atoms with Crippen molar-refractivity contribution in [3.05, 3.63) is 47.0 Å². The molecule has 0 fully saturated rings. The van der Waals surface area contributed by atoms with Crippen molar-refractivity contribution in [2.24, 2.45) is 0 Å². The second kappa shape index (κ2) is 10.6. The van der Waals surface area contributed by atoms with Gasteiger partial charge in [-0.2, -0.15) is 5.10 Å². The number of carbonyl (C=O) groups is 1. The third-order valence-electron chi connectivity index (χ3n) is 5.46. The van der Waals surface area contributed by atoms with Crippen molar-refractivity contribution in [2.75, 3.05) is 11.9 Å². The Morgan fingerprint density at radius 2 is 1.88 bits per heavy atom. The second-order valence-electron chi connectivity index (χ2n) is 9.39. The van der Waals surface area contributed by atoms with Gasteiger partial charge < -0.3 is 10.1 Å². The first-order chi connectivity index (χ1) is 15.2. The number of hydrogen-bond donors (Lipinski definition) is 1. The van der Waals surface area contributed by atoms with Gasteiger partial charge in [-0.3, -0.25) is 4.79 Å². The lowest BCUT2D eigenvalue weighted by Crippen LogP contribution is -2.22. The summed E-state index contributed by atoms with van der Waals surface area (Å²) in [6.45, 7) is 12.1. The third-order valence-corrected chi connectivity index (χ3v) is 7.47. The number of carbonyl (C=O) groups excluding carboxylic acids is 1. The van der Waals surface area contributed by atoms with Gasteiger partial charge in [0.2, 0.25) is 5.91 Å². The summed E-state index contributed by atoms with van der Waals surface area (Å²) < 4.78 is 7.72. The fourth-order valence-corrected chi connectivity index (χ4v) is 4.50. The molecule has 0 atom stereocenters. The van der Waals surface area contributed by atoms with Crippen LogP contribution < -0.4 is 5.32 Å². The van der Waals surface area contributed by atoms with Crippen LogP contribution in [0.2, 0.25) is 30.7 Å². The molecular weight excluding hydrogens is 438 g/mol. The zero-order valence-electron chi connectivity index (χ0n) is 19.8. The van der Waals surface area contributed by atoms with Gasteiger partial charge >= 0.3 is 0 Å². The summed E-state index contributed by atoms with van der Waals surface area (Å²) in [7, 11) is -1.17. The van der Waals surface area contributed by atoms with Crippen molar-refractivity contribution in [3.8, 4) is 11.1 Å². The quantitative estimate of drug-likeness (QED) is 0.256. The van der Waals surface area contributed by atoms with Crippen molar-refractivity contribution < 1.29 is 9.53 Å². The molecule has 7 heteroatoms. The van der Waals surface area contributed by atoms with Crippen molar-refractivity contribution >= 4 is 42.3 Å². The van der Waals surface area contributed by atoms with Crippen LogP contribution in [-0.2, 0) is 22.7 Å². The maximum Gasteiger partial charge on any atom is 0.225 e. The molecule has 0 aliphatic carbocycles. The number of benzene rings is 2. The highest BCUT2D eigenvalue weighted by molar-refractivity contribution is 6.76. The molecule has 1 aromatic heterocycles. The van der Waals surface area contributed by atoms with E-state index in [0.717, 1.165) is 40.9 Å². The van der Waals surface area contributed by atoms with E-state index in [9.17, 15) is 4.79 Å². The summed E-state index contributed by atoms with van der Waals surface area (Å²) in [6, 6.07) is 13.4. The molecule has 3 aromatic rings. The number of rotatable bonds is 10. The monoisotopic (exact) mass is 471 g/mol. The van der Waals surface area contributed by atoms with E-state index in [2.05, 4.69) is 61.2 Å². The molecule has 0 bridgehead atoms. The number of amides is 1. The second-order valence-corrected chi connectivity index (χ2v) is 15.4. The first-order valence-electron chi connectivity index (χ1n) is 11.4. The van der Waals surface area contributed by atoms with Crippen molar-refractivity contribution in [3.63, 3.8) is 0 Å². The largest absolute Gasteiger partial charge is 0.360 e. The van der Waals surface area contributed by atoms with Crippen LogP contribution in [0.3, 0.4) is 0 Å². The molecule has 0 aliphatic heterocycles. The highest BCUT2D eigenvalue weighted by Crippen LogP contribution is 2.35. The Labute approximate surface area is 197 Å². The number of ether oxygens (including phenoxy) is 1. The van der Waals surface area contributed by atoms with Gasteiger partial charge in [-0.1, -0.05) is 69.4 Å². The fraction of sp³-hybridized carbons (Fsp3) is 0.440. The molecule has 32 heavy (non-hydrogen) atoms. The average Bonchev–Trinajstić information content (AvgIpc) is 3.06. The number of nitrogens with zero attached hydrogens (tertiary/aromatic N) is 2. The van der Waals surface area contributed by atoms with Crippen LogP contribution in [0.5, 0.6) is 0 Å². The molecule has 1 heterocycles. The highest BCUT2D eigenvalue weighted by atomic mass is 35.5. The predicted octanol–water partition coefficient (Wildman–Crippen LogP) is 6.97. The summed E-state index contributed by atoms with van der Waals surface area (Å²) in [6.07, 6.45) is 2.23. The maximum absolute atomic E-state index is 12.3. The maximum atomic E-state index is 12.3. The number of aryl methyl sites for hydroxylation is 1. The van der Waals surface area contributed by atoms with Gasteiger partial charge in [-0.15, -0.1) is 0 Å². The predicted molar refractivity (Wildman–Crippen MR) is 137 cm³/mol. The molecule has 172 valence electrons. The minimum atomic E-state index is -1.17. The molecule has 1 amide bonds.